The summed E-state index contributed by atoms with van der Waals surface area (Å²) < 4.78 is 8.23. The molecule has 0 saturated carbocycles. The third-order valence-electron chi connectivity index (χ3n) is 5.18. The minimum Gasteiger partial charge on any atom is -0.495 e. The summed E-state index contributed by atoms with van der Waals surface area (Å²) in [6, 6.07) is 9.60. The van der Waals surface area contributed by atoms with Gasteiger partial charge in [-0.15, -0.1) is 0 Å². The number of methoxy groups -OCH3 is 1. The highest BCUT2D eigenvalue weighted by Gasteiger charge is 2.19. The number of nitrogens with zero attached hydrogens (tertiary/aromatic N) is 4. The molecule has 0 radical (unpaired) electrons. The molecule has 2 heterocycles. The predicted octanol–water partition coefficient (Wildman–Crippen LogP) is 1.16. The van der Waals surface area contributed by atoms with E-state index >= 15 is 0 Å². The van der Waals surface area contributed by atoms with Crippen LogP contribution in [0.2, 0.25) is 0 Å². The van der Waals surface area contributed by atoms with Gasteiger partial charge >= 0.3 is 5.69 Å². The van der Waals surface area contributed by atoms with Gasteiger partial charge in [-0.25, -0.2) is 4.79 Å². The van der Waals surface area contributed by atoms with Gasteiger partial charge in [-0.1, -0.05) is 12.1 Å². The Hall–Kier alpha value is -2.54. The van der Waals surface area contributed by atoms with E-state index in [0.717, 1.165) is 61.6 Å². The lowest BCUT2D eigenvalue weighted by molar-refractivity contribution is 0.250. The van der Waals surface area contributed by atoms with E-state index in [0.29, 0.717) is 6.54 Å². The summed E-state index contributed by atoms with van der Waals surface area (Å²) in [6.45, 7) is 5.70. The Labute approximate surface area is 159 Å². The number of unbranched alkanes of at least 4 members (excludes halogenated alkanes) is 1. The van der Waals surface area contributed by atoms with Gasteiger partial charge in [-0.3, -0.25) is 14.3 Å². The molecule has 1 aliphatic heterocycles. The molecule has 7 nitrogen and oxygen atoms in total. The fourth-order valence-corrected chi connectivity index (χ4v) is 3.51. The summed E-state index contributed by atoms with van der Waals surface area (Å²) in [5.41, 5.74) is 0.658. The highest BCUT2D eigenvalue weighted by atomic mass is 16.5. The molecular weight excluding hydrogens is 344 g/mol. The van der Waals surface area contributed by atoms with Crippen LogP contribution in [0.3, 0.4) is 0 Å². The van der Waals surface area contributed by atoms with E-state index in [1.54, 1.807) is 17.9 Å². The number of aromatic nitrogens is 2. The average molecular weight is 372 g/mol. The van der Waals surface area contributed by atoms with Crippen molar-refractivity contribution >= 4 is 5.69 Å². The molecule has 1 fully saturated rings. The molecule has 1 saturated heterocycles. The summed E-state index contributed by atoms with van der Waals surface area (Å²) in [4.78, 5) is 28.3. The van der Waals surface area contributed by atoms with Crippen molar-refractivity contribution in [2.45, 2.75) is 19.4 Å². The monoisotopic (exact) mass is 372 g/mol. The largest absolute Gasteiger partial charge is 0.495 e. The smallest absolute Gasteiger partial charge is 0.330 e. The summed E-state index contributed by atoms with van der Waals surface area (Å²) in [5, 5.41) is 0. The van der Waals surface area contributed by atoms with E-state index in [1.165, 1.54) is 13.1 Å². The standard InChI is InChI=1S/C20H28N4O3/c1-21-19(25)9-12-24(20(21)26)11-6-5-10-22-13-15-23(16-14-22)17-7-3-4-8-18(17)27-2/h3-4,7-9,12H,5-6,10-11,13-16H2,1-2H3. The minimum atomic E-state index is -0.260. The van der Waals surface area contributed by atoms with E-state index in [1.807, 2.05) is 18.2 Å². The first-order chi connectivity index (χ1) is 13.1. The first kappa shape index (κ1) is 19.2. The van der Waals surface area contributed by atoms with Crippen molar-refractivity contribution in [1.29, 1.82) is 0 Å². The molecule has 1 aliphatic rings. The van der Waals surface area contributed by atoms with E-state index < -0.39 is 0 Å². The van der Waals surface area contributed by atoms with Gasteiger partial charge in [0.05, 0.1) is 12.8 Å². The molecule has 0 bridgehead atoms. The van der Waals surface area contributed by atoms with Gasteiger partial charge in [-0.2, -0.15) is 0 Å². The number of rotatable bonds is 7. The van der Waals surface area contributed by atoms with Crippen molar-refractivity contribution in [3.05, 3.63) is 57.4 Å². The van der Waals surface area contributed by atoms with Gasteiger partial charge in [0.2, 0.25) is 0 Å². The van der Waals surface area contributed by atoms with Crippen molar-refractivity contribution in [3.63, 3.8) is 0 Å². The molecule has 0 spiro atoms. The van der Waals surface area contributed by atoms with Crippen LogP contribution in [0.1, 0.15) is 12.8 Å². The second-order valence-electron chi connectivity index (χ2n) is 6.90. The van der Waals surface area contributed by atoms with Crippen molar-refractivity contribution in [2.75, 3.05) is 44.7 Å². The van der Waals surface area contributed by atoms with Crippen LogP contribution in [0.5, 0.6) is 5.75 Å². The molecule has 1 aromatic heterocycles. The highest BCUT2D eigenvalue weighted by molar-refractivity contribution is 5.58. The molecule has 0 atom stereocenters. The van der Waals surface area contributed by atoms with E-state index in [-0.39, 0.29) is 11.2 Å². The SMILES string of the molecule is COc1ccccc1N1CCN(CCCCn2ccc(=O)n(C)c2=O)CC1. The zero-order valence-corrected chi connectivity index (χ0v) is 16.1. The number of aryl methyl sites for hydroxylation is 1. The average Bonchev–Trinajstić information content (AvgIpc) is 2.71. The number of ether oxygens (including phenoxy) is 1. The molecule has 2 aromatic rings. The van der Waals surface area contributed by atoms with E-state index in [4.69, 9.17) is 4.74 Å². The molecule has 7 heteroatoms. The fourth-order valence-electron chi connectivity index (χ4n) is 3.51. The van der Waals surface area contributed by atoms with E-state index in [9.17, 15) is 9.59 Å². The predicted molar refractivity (Wildman–Crippen MR) is 107 cm³/mol. The molecule has 27 heavy (non-hydrogen) atoms. The first-order valence-electron chi connectivity index (χ1n) is 9.47. The maximum absolute atomic E-state index is 12.0. The number of para-hydroxylation sites is 2. The van der Waals surface area contributed by atoms with Crippen LogP contribution in [0, 0.1) is 0 Å². The van der Waals surface area contributed by atoms with Gasteiger partial charge in [0.15, 0.2) is 0 Å². The third-order valence-corrected chi connectivity index (χ3v) is 5.18. The number of hydrogen-bond acceptors (Lipinski definition) is 5. The lowest BCUT2D eigenvalue weighted by atomic mass is 10.2. The van der Waals surface area contributed by atoms with Crippen LogP contribution in [-0.2, 0) is 13.6 Å². The van der Waals surface area contributed by atoms with Gasteiger partial charge in [0.1, 0.15) is 5.75 Å². The number of anilines is 1. The Morgan fingerprint density at radius 1 is 0.963 bits per heavy atom. The fraction of sp³-hybridized carbons (Fsp3) is 0.500. The van der Waals surface area contributed by atoms with Crippen molar-refractivity contribution in [3.8, 4) is 5.75 Å². The Kier molecular flexibility index (Phi) is 6.34. The zero-order valence-electron chi connectivity index (χ0n) is 16.1. The van der Waals surface area contributed by atoms with Crippen LogP contribution >= 0.6 is 0 Å². The Morgan fingerprint density at radius 2 is 1.67 bits per heavy atom. The van der Waals surface area contributed by atoms with Crippen LogP contribution < -0.4 is 20.9 Å². The van der Waals surface area contributed by atoms with Crippen molar-refractivity contribution in [1.82, 2.24) is 14.0 Å². The van der Waals surface area contributed by atoms with Crippen LogP contribution in [0.4, 0.5) is 5.69 Å². The topological polar surface area (TPSA) is 59.7 Å². The van der Waals surface area contributed by atoms with Crippen molar-refractivity contribution in [2.24, 2.45) is 7.05 Å². The van der Waals surface area contributed by atoms with Gasteiger partial charge < -0.3 is 14.2 Å². The summed E-state index contributed by atoms with van der Waals surface area (Å²) in [7, 11) is 3.23. The number of benzene rings is 1. The van der Waals surface area contributed by atoms with Crippen molar-refractivity contribution < 1.29 is 4.74 Å². The molecule has 3 rings (SSSR count). The Bertz CT molecular complexity index is 866. The number of piperazine rings is 1. The molecule has 146 valence electrons. The highest BCUT2D eigenvalue weighted by Crippen LogP contribution is 2.28. The van der Waals surface area contributed by atoms with Crippen LogP contribution in [-0.4, -0.2) is 53.9 Å². The first-order valence-corrected chi connectivity index (χ1v) is 9.47. The third kappa shape index (κ3) is 4.60. The molecule has 0 amide bonds. The van der Waals surface area contributed by atoms with E-state index in [2.05, 4.69) is 15.9 Å². The lowest BCUT2D eigenvalue weighted by Crippen LogP contribution is -2.46. The summed E-state index contributed by atoms with van der Waals surface area (Å²) in [6.07, 6.45) is 3.55. The van der Waals surface area contributed by atoms with Crippen LogP contribution in [0.15, 0.2) is 46.1 Å². The Balaban J connectivity index is 1.43. The lowest BCUT2D eigenvalue weighted by Gasteiger charge is -2.36. The molecule has 0 N–H and O–H groups in total. The molecule has 1 aromatic carbocycles. The second-order valence-corrected chi connectivity index (χ2v) is 6.90. The zero-order chi connectivity index (χ0) is 19.2. The summed E-state index contributed by atoms with van der Waals surface area (Å²) in [5.74, 6) is 0.925. The molecule has 0 unspecified atom stereocenters. The van der Waals surface area contributed by atoms with Gasteiger partial charge in [0, 0.05) is 52.0 Å². The summed E-state index contributed by atoms with van der Waals surface area (Å²) >= 11 is 0. The quantitative estimate of drug-likeness (QED) is 0.683. The minimum absolute atomic E-state index is 0.243. The Morgan fingerprint density at radius 3 is 2.41 bits per heavy atom. The maximum Gasteiger partial charge on any atom is 0.330 e. The number of hydrogen-bond donors (Lipinski definition) is 0. The van der Waals surface area contributed by atoms with Crippen LogP contribution in [0.25, 0.3) is 0 Å². The molecular formula is C20H28N4O3. The maximum atomic E-state index is 12.0. The van der Waals surface area contributed by atoms with Gasteiger partial charge in [0.25, 0.3) is 5.56 Å². The normalized spacial score (nSPS) is 15.1. The molecule has 0 aliphatic carbocycles. The second kappa shape index (κ2) is 8.90. The van der Waals surface area contributed by atoms with Gasteiger partial charge in [-0.05, 0) is 31.5 Å².